The van der Waals surface area contributed by atoms with Crippen molar-refractivity contribution in [3.8, 4) is 5.69 Å². The van der Waals surface area contributed by atoms with Crippen LogP contribution in [-0.4, -0.2) is 9.78 Å². The van der Waals surface area contributed by atoms with Gasteiger partial charge in [0.1, 0.15) is 11.5 Å². The van der Waals surface area contributed by atoms with E-state index >= 15 is 0 Å². The molecule has 1 aromatic carbocycles. The number of anilines is 1. The lowest BCUT2D eigenvalue weighted by atomic mass is 10.2. The standard InChI is InChI=1S/C10H5ClF4N3/c11-6-3-5(10(13,14)15)4-7(12)9(6)18-8(16)1-2-17-18/h2-4H,16H2. The molecule has 2 aromatic rings. The maximum atomic E-state index is 13.7. The molecule has 1 radical (unpaired) electrons. The van der Waals surface area contributed by atoms with Gasteiger partial charge in [0.2, 0.25) is 0 Å². The number of benzene rings is 1. The average molecular weight is 279 g/mol. The fourth-order valence-electron chi connectivity index (χ4n) is 1.39. The number of rotatable bonds is 1. The van der Waals surface area contributed by atoms with E-state index in [0.29, 0.717) is 12.1 Å². The molecule has 0 saturated heterocycles. The smallest absolute Gasteiger partial charge is 0.383 e. The van der Waals surface area contributed by atoms with E-state index in [4.69, 9.17) is 17.3 Å². The first-order chi connectivity index (χ1) is 8.30. The SMILES string of the molecule is Nc1[c]cnn1-c1c(F)cc(C(F)(F)F)cc1Cl. The maximum Gasteiger partial charge on any atom is 0.416 e. The second-order valence-electron chi connectivity index (χ2n) is 3.37. The molecule has 0 unspecified atom stereocenters. The summed E-state index contributed by atoms with van der Waals surface area (Å²) < 4.78 is 51.8. The second-order valence-corrected chi connectivity index (χ2v) is 3.78. The van der Waals surface area contributed by atoms with E-state index < -0.39 is 22.6 Å². The van der Waals surface area contributed by atoms with Crippen LogP contribution >= 0.6 is 11.6 Å². The number of halogens is 5. The Bertz CT molecular complexity index is 568. The van der Waals surface area contributed by atoms with E-state index in [9.17, 15) is 17.6 Å². The highest BCUT2D eigenvalue weighted by Crippen LogP contribution is 2.35. The molecule has 0 amide bonds. The van der Waals surface area contributed by atoms with E-state index in [2.05, 4.69) is 11.2 Å². The predicted octanol–water partition coefficient (Wildman–Crippen LogP) is 3.07. The molecule has 0 aliphatic carbocycles. The summed E-state index contributed by atoms with van der Waals surface area (Å²) in [4.78, 5) is 0. The molecular weight excluding hydrogens is 274 g/mol. The van der Waals surface area contributed by atoms with Crippen LogP contribution in [0.1, 0.15) is 5.56 Å². The van der Waals surface area contributed by atoms with Gasteiger partial charge in [0, 0.05) is 6.07 Å². The van der Waals surface area contributed by atoms with E-state index in [1.54, 1.807) is 0 Å². The number of hydrogen-bond donors (Lipinski definition) is 1. The minimum atomic E-state index is -4.68. The molecule has 0 aliphatic heterocycles. The lowest BCUT2D eigenvalue weighted by Crippen LogP contribution is -2.10. The fourth-order valence-corrected chi connectivity index (χ4v) is 1.67. The Balaban J connectivity index is 2.62. The quantitative estimate of drug-likeness (QED) is 0.815. The normalized spacial score (nSPS) is 11.8. The predicted molar refractivity (Wildman–Crippen MR) is 56.8 cm³/mol. The molecule has 0 saturated carbocycles. The van der Waals surface area contributed by atoms with Crippen LogP contribution in [0.5, 0.6) is 0 Å². The zero-order chi connectivity index (χ0) is 13.5. The van der Waals surface area contributed by atoms with Gasteiger partial charge in [-0.15, -0.1) is 0 Å². The van der Waals surface area contributed by atoms with Gasteiger partial charge in [-0.25, -0.2) is 9.07 Å². The van der Waals surface area contributed by atoms with Crippen molar-refractivity contribution in [3.05, 3.63) is 40.8 Å². The van der Waals surface area contributed by atoms with Gasteiger partial charge in [-0.1, -0.05) is 11.6 Å². The van der Waals surface area contributed by atoms with Crippen LogP contribution in [-0.2, 0) is 6.18 Å². The van der Waals surface area contributed by atoms with Crippen LogP contribution in [0.4, 0.5) is 23.4 Å². The Hall–Kier alpha value is -1.76. The van der Waals surface area contributed by atoms with Gasteiger partial charge in [-0.3, -0.25) is 0 Å². The van der Waals surface area contributed by atoms with Gasteiger partial charge in [0.05, 0.1) is 16.8 Å². The molecule has 0 spiro atoms. The molecule has 8 heteroatoms. The molecule has 2 N–H and O–H groups in total. The number of alkyl halides is 3. The van der Waals surface area contributed by atoms with Crippen molar-refractivity contribution in [2.75, 3.05) is 5.73 Å². The van der Waals surface area contributed by atoms with Crippen LogP contribution < -0.4 is 5.73 Å². The Morgan fingerprint density at radius 1 is 1.33 bits per heavy atom. The first-order valence-corrected chi connectivity index (χ1v) is 4.96. The van der Waals surface area contributed by atoms with Gasteiger partial charge in [0.15, 0.2) is 5.82 Å². The molecular formula is C10H5ClF4N3. The highest BCUT2D eigenvalue weighted by atomic mass is 35.5. The fraction of sp³-hybridized carbons (Fsp3) is 0.100. The lowest BCUT2D eigenvalue weighted by molar-refractivity contribution is -0.137. The van der Waals surface area contributed by atoms with Crippen molar-refractivity contribution < 1.29 is 17.6 Å². The summed E-state index contributed by atoms with van der Waals surface area (Å²) in [5.41, 5.74) is 3.91. The second kappa shape index (κ2) is 4.16. The van der Waals surface area contributed by atoms with Crippen LogP contribution in [0.25, 0.3) is 5.69 Å². The molecule has 0 bridgehead atoms. The van der Waals surface area contributed by atoms with Crippen molar-refractivity contribution in [2.45, 2.75) is 6.18 Å². The molecule has 18 heavy (non-hydrogen) atoms. The van der Waals surface area contributed by atoms with Gasteiger partial charge >= 0.3 is 6.18 Å². The Morgan fingerprint density at radius 2 is 2.00 bits per heavy atom. The van der Waals surface area contributed by atoms with Crippen molar-refractivity contribution in [3.63, 3.8) is 0 Å². The molecule has 1 aromatic heterocycles. The Kier molecular flexibility index (Phi) is 2.94. The summed E-state index contributed by atoms with van der Waals surface area (Å²) in [5.74, 6) is -1.23. The molecule has 0 fully saturated rings. The van der Waals surface area contributed by atoms with Gasteiger partial charge in [0.25, 0.3) is 0 Å². The highest BCUT2D eigenvalue weighted by molar-refractivity contribution is 6.32. The summed E-state index contributed by atoms with van der Waals surface area (Å²) in [5, 5.41) is 3.19. The summed E-state index contributed by atoms with van der Waals surface area (Å²) >= 11 is 5.63. The molecule has 95 valence electrons. The van der Waals surface area contributed by atoms with Crippen LogP contribution in [0.2, 0.25) is 5.02 Å². The zero-order valence-corrected chi connectivity index (χ0v) is 9.35. The van der Waals surface area contributed by atoms with E-state index in [-0.39, 0.29) is 11.5 Å². The van der Waals surface area contributed by atoms with Crippen molar-refractivity contribution in [1.29, 1.82) is 0 Å². The van der Waals surface area contributed by atoms with Crippen LogP contribution in [0.3, 0.4) is 0 Å². The Morgan fingerprint density at radius 3 is 2.44 bits per heavy atom. The topological polar surface area (TPSA) is 43.8 Å². The lowest BCUT2D eigenvalue weighted by Gasteiger charge is -2.12. The van der Waals surface area contributed by atoms with Crippen molar-refractivity contribution in [1.82, 2.24) is 9.78 Å². The Labute approximate surface area is 104 Å². The first kappa shape index (κ1) is 12.7. The molecule has 2 rings (SSSR count). The van der Waals surface area contributed by atoms with Crippen LogP contribution in [0, 0.1) is 11.9 Å². The number of nitrogens with two attached hydrogens (primary N) is 1. The number of nitrogen functional groups attached to an aromatic ring is 1. The first-order valence-electron chi connectivity index (χ1n) is 4.58. The number of nitrogens with zero attached hydrogens (tertiary/aromatic N) is 2. The molecule has 3 nitrogen and oxygen atoms in total. The maximum absolute atomic E-state index is 13.7. The summed E-state index contributed by atoms with van der Waals surface area (Å²) in [6.45, 7) is 0. The third kappa shape index (κ3) is 2.13. The zero-order valence-electron chi connectivity index (χ0n) is 8.59. The summed E-state index contributed by atoms with van der Waals surface area (Å²) in [6.07, 6.45) is -3.52. The molecule has 0 aliphatic rings. The monoisotopic (exact) mass is 278 g/mol. The van der Waals surface area contributed by atoms with E-state index in [1.165, 1.54) is 0 Å². The van der Waals surface area contributed by atoms with E-state index in [0.717, 1.165) is 10.9 Å². The third-order valence-electron chi connectivity index (χ3n) is 2.17. The van der Waals surface area contributed by atoms with Crippen molar-refractivity contribution in [2.24, 2.45) is 0 Å². The minimum absolute atomic E-state index is 0.0597. The third-order valence-corrected chi connectivity index (χ3v) is 2.46. The average Bonchev–Trinajstić information content (AvgIpc) is 2.62. The summed E-state index contributed by atoms with van der Waals surface area (Å²) in [7, 11) is 0. The van der Waals surface area contributed by atoms with Gasteiger partial charge in [-0.2, -0.15) is 18.3 Å². The molecule has 1 heterocycles. The van der Waals surface area contributed by atoms with Crippen molar-refractivity contribution >= 4 is 17.4 Å². The molecule has 0 atom stereocenters. The van der Waals surface area contributed by atoms with E-state index in [1.807, 2.05) is 0 Å². The van der Waals surface area contributed by atoms with Gasteiger partial charge in [-0.05, 0) is 12.1 Å². The number of aromatic nitrogens is 2. The van der Waals surface area contributed by atoms with Gasteiger partial charge < -0.3 is 5.73 Å². The highest BCUT2D eigenvalue weighted by Gasteiger charge is 2.32. The number of hydrogen-bond acceptors (Lipinski definition) is 2. The summed E-state index contributed by atoms with van der Waals surface area (Å²) in [6, 6.07) is 3.40. The minimum Gasteiger partial charge on any atom is -0.383 e. The van der Waals surface area contributed by atoms with Crippen LogP contribution in [0.15, 0.2) is 18.3 Å². The largest absolute Gasteiger partial charge is 0.416 e.